The minimum Gasteiger partial charge on any atom is -0.260 e. The van der Waals surface area contributed by atoms with E-state index in [1.807, 2.05) is 6.07 Å². The quantitative estimate of drug-likeness (QED) is 0.501. The molecule has 5 nitrogen and oxygen atoms in total. The molecular weight excluding hydrogens is 375 g/mol. The number of imidazole rings is 1. The number of aryl methyl sites for hydroxylation is 1. The molecule has 0 N–H and O–H groups in total. The van der Waals surface area contributed by atoms with Gasteiger partial charge in [0, 0.05) is 23.0 Å². The van der Waals surface area contributed by atoms with Crippen LogP contribution in [0.5, 0.6) is 0 Å². The lowest BCUT2D eigenvalue weighted by Gasteiger charge is -2.10. The van der Waals surface area contributed by atoms with Crippen LogP contribution in [0.1, 0.15) is 16.8 Å². The Hall–Kier alpha value is -3.25. The number of benzene rings is 1. The number of nitrogens with zero attached hydrogens (tertiary/aromatic N) is 5. The van der Waals surface area contributed by atoms with Crippen molar-refractivity contribution in [2.24, 2.45) is 0 Å². The first-order valence-corrected chi connectivity index (χ1v) is 8.58. The number of pyridine rings is 1. The van der Waals surface area contributed by atoms with E-state index in [0.29, 0.717) is 21.2 Å². The highest BCUT2D eigenvalue weighted by Crippen LogP contribution is 2.35. The number of hydrogen-bond acceptors (Lipinski definition) is 5. The molecule has 0 saturated heterocycles. The van der Waals surface area contributed by atoms with Crippen molar-refractivity contribution in [2.45, 2.75) is 13.1 Å². The highest BCUT2D eigenvalue weighted by molar-refractivity contribution is 7.19. The second-order valence-electron chi connectivity index (χ2n) is 5.79. The first-order chi connectivity index (χ1) is 12.9. The van der Waals surface area contributed by atoms with Crippen LogP contribution < -0.4 is 0 Å². The van der Waals surface area contributed by atoms with Crippen LogP contribution in [0.15, 0.2) is 42.7 Å². The smallest absolute Gasteiger partial charge is 0.260 e. The molecule has 0 saturated carbocycles. The normalized spacial score (nSPS) is 11.7. The Balaban J connectivity index is 1.80. The third-order valence-electron chi connectivity index (χ3n) is 4.03. The second-order valence-corrected chi connectivity index (χ2v) is 6.74. The summed E-state index contributed by atoms with van der Waals surface area (Å²) in [6.07, 6.45) is -1.62. The predicted octanol–water partition coefficient (Wildman–Crippen LogP) is 4.72. The summed E-state index contributed by atoms with van der Waals surface area (Å²) in [6.45, 7) is 1.32. The van der Waals surface area contributed by atoms with E-state index in [9.17, 15) is 13.2 Å². The lowest BCUT2D eigenvalue weighted by Crippen LogP contribution is -2.09. The Morgan fingerprint density at radius 3 is 2.48 bits per heavy atom. The molecule has 3 heterocycles. The zero-order valence-corrected chi connectivity index (χ0v) is 14.6. The van der Waals surface area contributed by atoms with Gasteiger partial charge in [-0.2, -0.15) is 23.5 Å². The van der Waals surface area contributed by atoms with Crippen LogP contribution in [0, 0.1) is 18.3 Å². The zero-order chi connectivity index (χ0) is 19.2. The van der Waals surface area contributed by atoms with Crippen LogP contribution >= 0.6 is 11.3 Å². The molecule has 0 amide bonds. The fourth-order valence-corrected chi connectivity index (χ4v) is 3.53. The first-order valence-electron chi connectivity index (χ1n) is 7.76. The fraction of sp³-hybridized carbons (Fsp3) is 0.111. The van der Waals surface area contributed by atoms with Crippen molar-refractivity contribution in [1.82, 2.24) is 19.6 Å². The van der Waals surface area contributed by atoms with Crippen molar-refractivity contribution < 1.29 is 13.2 Å². The van der Waals surface area contributed by atoms with Crippen LogP contribution in [0.3, 0.4) is 0 Å². The van der Waals surface area contributed by atoms with Gasteiger partial charge in [-0.15, -0.1) is 0 Å². The number of aromatic nitrogens is 4. The average Bonchev–Trinajstić information content (AvgIpc) is 3.22. The molecule has 134 valence electrons. The van der Waals surface area contributed by atoms with Gasteiger partial charge in [0.2, 0.25) is 4.96 Å². The van der Waals surface area contributed by atoms with Gasteiger partial charge in [0.1, 0.15) is 5.01 Å². The van der Waals surface area contributed by atoms with Crippen molar-refractivity contribution in [2.75, 3.05) is 0 Å². The molecule has 4 aromatic rings. The molecule has 4 rings (SSSR count). The van der Waals surface area contributed by atoms with E-state index < -0.39 is 11.7 Å². The second kappa shape index (κ2) is 6.17. The number of rotatable bonds is 2. The van der Waals surface area contributed by atoms with E-state index in [-0.39, 0.29) is 11.3 Å². The van der Waals surface area contributed by atoms with E-state index in [4.69, 9.17) is 5.26 Å². The summed E-state index contributed by atoms with van der Waals surface area (Å²) in [7, 11) is 0. The summed E-state index contributed by atoms with van der Waals surface area (Å²) in [4.78, 5) is 8.68. The summed E-state index contributed by atoms with van der Waals surface area (Å²) < 4.78 is 41.0. The van der Waals surface area contributed by atoms with Gasteiger partial charge in [0.15, 0.2) is 0 Å². The minimum atomic E-state index is -4.48. The molecule has 0 aliphatic heterocycles. The van der Waals surface area contributed by atoms with E-state index >= 15 is 0 Å². The van der Waals surface area contributed by atoms with Gasteiger partial charge in [-0.1, -0.05) is 23.5 Å². The summed E-state index contributed by atoms with van der Waals surface area (Å²) in [6, 6.07) is 10.0. The molecule has 1 aromatic carbocycles. The highest BCUT2D eigenvalue weighted by Gasteiger charge is 2.33. The van der Waals surface area contributed by atoms with Crippen LogP contribution in [0.25, 0.3) is 26.8 Å². The number of fused-ring (bicyclic) bond motifs is 1. The summed E-state index contributed by atoms with van der Waals surface area (Å²) in [5.41, 5.74) is 1.19. The molecule has 3 aromatic heterocycles. The molecule has 0 unspecified atom stereocenters. The number of hydrogen-bond donors (Lipinski definition) is 0. The van der Waals surface area contributed by atoms with Gasteiger partial charge in [0.25, 0.3) is 0 Å². The SMILES string of the molecule is Cc1ncc(-c2cnc3sc(-c4ccc(C#N)cc4)nn23)cc1C(F)(F)F. The Kier molecular flexibility index (Phi) is 3.93. The Morgan fingerprint density at radius 2 is 1.81 bits per heavy atom. The average molecular weight is 385 g/mol. The van der Waals surface area contributed by atoms with Gasteiger partial charge in [-0.25, -0.2) is 9.50 Å². The minimum absolute atomic E-state index is 0.0800. The molecule has 0 radical (unpaired) electrons. The standard InChI is InChI=1S/C18H10F3N5S/c1-10-14(18(19,20)21)6-13(8-23-10)15-9-24-17-26(15)25-16(27-17)12-4-2-11(7-22)3-5-12/h2-6,8-9H,1H3. The molecule has 0 bridgehead atoms. The summed E-state index contributed by atoms with van der Waals surface area (Å²) >= 11 is 1.31. The van der Waals surface area contributed by atoms with Gasteiger partial charge >= 0.3 is 6.18 Å². The summed E-state index contributed by atoms with van der Waals surface area (Å²) in [5.74, 6) is 0. The molecule has 0 spiro atoms. The van der Waals surface area contributed by atoms with Gasteiger partial charge in [0.05, 0.1) is 29.1 Å². The Labute approximate surface area is 155 Å². The maximum absolute atomic E-state index is 13.2. The molecule has 0 aliphatic carbocycles. The van der Waals surface area contributed by atoms with Crippen LogP contribution in [-0.4, -0.2) is 19.6 Å². The van der Waals surface area contributed by atoms with Crippen molar-refractivity contribution in [3.05, 3.63) is 59.5 Å². The lowest BCUT2D eigenvalue weighted by molar-refractivity contribution is -0.138. The van der Waals surface area contributed by atoms with Crippen molar-refractivity contribution in [3.8, 4) is 27.9 Å². The van der Waals surface area contributed by atoms with E-state index in [1.165, 1.54) is 35.2 Å². The monoisotopic (exact) mass is 385 g/mol. The fourth-order valence-electron chi connectivity index (χ4n) is 2.65. The third kappa shape index (κ3) is 3.04. The van der Waals surface area contributed by atoms with Crippen LogP contribution in [0.4, 0.5) is 13.2 Å². The zero-order valence-electron chi connectivity index (χ0n) is 13.8. The maximum atomic E-state index is 13.2. The number of halogens is 3. The summed E-state index contributed by atoms with van der Waals surface area (Å²) in [5, 5.41) is 14.0. The highest BCUT2D eigenvalue weighted by atomic mass is 32.1. The molecule has 9 heteroatoms. The Bertz CT molecular complexity index is 1180. The van der Waals surface area contributed by atoms with Crippen molar-refractivity contribution >= 4 is 16.3 Å². The van der Waals surface area contributed by atoms with Gasteiger partial charge < -0.3 is 0 Å². The molecule has 0 fully saturated rings. The van der Waals surface area contributed by atoms with Crippen molar-refractivity contribution in [3.63, 3.8) is 0 Å². The first kappa shape index (κ1) is 17.2. The molecular formula is C18H10F3N5S. The largest absolute Gasteiger partial charge is 0.418 e. The number of nitriles is 1. The van der Waals surface area contributed by atoms with E-state index in [2.05, 4.69) is 15.1 Å². The van der Waals surface area contributed by atoms with Gasteiger partial charge in [-0.05, 0) is 25.1 Å². The van der Waals surface area contributed by atoms with Crippen LogP contribution in [0.2, 0.25) is 0 Å². The van der Waals surface area contributed by atoms with Crippen molar-refractivity contribution in [1.29, 1.82) is 5.26 Å². The van der Waals surface area contributed by atoms with E-state index in [0.717, 1.165) is 11.6 Å². The molecule has 0 aliphatic rings. The topological polar surface area (TPSA) is 66.9 Å². The molecule has 0 atom stereocenters. The maximum Gasteiger partial charge on any atom is 0.418 e. The van der Waals surface area contributed by atoms with Gasteiger partial charge in [-0.3, -0.25) is 4.98 Å². The number of alkyl halides is 3. The Morgan fingerprint density at radius 1 is 1.07 bits per heavy atom. The third-order valence-corrected chi connectivity index (χ3v) is 5.01. The van der Waals surface area contributed by atoms with E-state index in [1.54, 1.807) is 24.3 Å². The predicted molar refractivity (Wildman–Crippen MR) is 94.0 cm³/mol. The van der Waals surface area contributed by atoms with Crippen LogP contribution in [-0.2, 0) is 6.18 Å². The lowest BCUT2D eigenvalue weighted by atomic mass is 10.1. The molecule has 27 heavy (non-hydrogen) atoms.